The molecule has 2 aromatic rings. The van der Waals surface area contributed by atoms with Crippen molar-refractivity contribution in [1.29, 1.82) is 5.26 Å². The molecule has 1 aromatic carbocycles. The summed E-state index contributed by atoms with van der Waals surface area (Å²) in [6.45, 7) is 3.92. The van der Waals surface area contributed by atoms with Crippen molar-refractivity contribution in [1.82, 2.24) is 4.98 Å². The van der Waals surface area contributed by atoms with E-state index in [1.54, 1.807) is 6.07 Å². The van der Waals surface area contributed by atoms with Crippen LogP contribution in [0, 0.1) is 11.3 Å². The normalized spacial score (nSPS) is 14.7. The van der Waals surface area contributed by atoms with Crippen molar-refractivity contribution in [3.05, 3.63) is 28.1 Å². The van der Waals surface area contributed by atoms with Gasteiger partial charge in [0.1, 0.15) is 22.4 Å². The molecule has 1 N–H and O–H groups in total. The SMILES string of the molecule is COc1nc(-c2cc(C#N)c3c(c2)CC(C)(C)O3)sc1C(=O)O. The van der Waals surface area contributed by atoms with Crippen LogP contribution in [0.5, 0.6) is 11.6 Å². The first-order valence-corrected chi connectivity index (χ1v) is 7.71. The summed E-state index contributed by atoms with van der Waals surface area (Å²) in [5.74, 6) is -0.409. The van der Waals surface area contributed by atoms with Gasteiger partial charge in [-0.2, -0.15) is 5.26 Å². The van der Waals surface area contributed by atoms with Gasteiger partial charge in [-0.25, -0.2) is 9.78 Å². The predicted molar refractivity (Wildman–Crippen MR) is 84.2 cm³/mol. The molecule has 0 unspecified atom stereocenters. The molecule has 0 saturated carbocycles. The largest absolute Gasteiger partial charge is 0.486 e. The first kappa shape index (κ1) is 15.3. The Bertz CT molecular complexity index is 848. The maximum atomic E-state index is 11.2. The van der Waals surface area contributed by atoms with E-state index in [0.717, 1.165) is 16.9 Å². The number of aromatic carboxylic acids is 1. The summed E-state index contributed by atoms with van der Waals surface area (Å²) in [5, 5.41) is 19.1. The van der Waals surface area contributed by atoms with E-state index >= 15 is 0 Å². The van der Waals surface area contributed by atoms with Crippen molar-refractivity contribution >= 4 is 17.3 Å². The fourth-order valence-corrected chi connectivity index (χ4v) is 3.48. The van der Waals surface area contributed by atoms with Crippen LogP contribution in [0.4, 0.5) is 0 Å². The molecular formula is C16H14N2O4S. The molecule has 3 rings (SSSR count). The number of nitriles is 1. The van der Waals surface area contributed by atoms with E-state index in [4.69, 9.17) is 9.47 Å². The zero-order valence-electron chi connectivity index (χ0n) is 12.8. The third kappa shape index (κ3) is 2.62. The van der Waals surface area contributed by atoms with Gasteiger partial charge in [-0.05, 0) is 26.0 Å². The summed E-state index contributed by atoms with van der Waals surface area (Å²) < 4.78 is 10.9. The van der Waals surface area contributed by atoms with E-state index in [-0.39, 0.29) is 16.4 Å². The smallest absolute Gasteiger partial charge is 0.351 e. The second-order valence-corrected chi connectivity index (χ2v) is 6.82. The Kier molecular flexibility index (Phi) is 3.49. The molecule has 1 aromatic heterocycles. The number of ether oxygens (including phenoxy) is 2. The summed E-state index contributed by atoms with van der Waals surface area (Å²) in [4.78, 5) is 15.5. The van der Waals surface area contributed by atoms with Crippen LogP contribution in [0.1, 0.15) is 34.6 Å². The van der Waals surface area contributed by atoms with Gasteiger partial charge in [0.05, 0.1) is 12.7 Å². The van der Waals surface area contributed by atoms with Crippen molar-refractivity contribution in [2.75, 3.05) is 7.11 Å². The van der Waals surface area contributed by atoms with E-state index in [0.29, 0.717) is 28.3 Å². The molecule has 0 aliphatic carbocycles. The first-order valence-electron chi connectivity index (χ1n) is 6.89. The number of thiazole rings is 1. The second kappa shape index (κ2) is 5.25. The van der Waals surface area contributed by atoms with Gasteiger partial charge < -0.3 is 14.6 Å². The lowest BCUT2D eigenvalue weighted by Gasteiger charge is -2.17. The lowest BCUT2D eigenvalue weighted by Crippen LogP contribution is -2.24. The Balaban J connectivity index is 2.13. The lowest BCUT2D eigenvalue weighted by molar-refractivity contribution is 0.0698. The minimum Gasteiger partial charge on any atom is -0.486 e. The quantitative estimate of drug-likeness (QED) is 0.929. The van der Waals surface area contributed by atoms with Gasteiger partial charge in [0.25, 0.3) is 0 Å². The fourth-order valence-electron chi connectivity index (χ4n) is 2.62. The minimum atomic E-state index is -1.09. The zero-order valence-corrected chi connectivity index (χ0v) is 13.7. The van der Waals surface area contributed by atoms with Gasteiger partial charge in [0, 0.05) is 17.5 Å². The van der Waals surface area contributed by atoms with Crippen LogP contribution in [0.2, 0.25) is 0 Å². The predicted octanol–water partition coefficient (Wildman–Crippen LogP) is 3.10. The van der Waals surface area contributed by atoms with Crippen molar-refractivity contribution in [3.63, 3.8) is 0 Å². The second-order valence-electron chi connectivity index (χ2n) is 5.82. The van der Waals surface area contributed by atoms with Crippen molar-refractivity contribution in [3.8, 4) is 28.3 Å². The number of benzene rings is 1. The molecule has 23 heavy (non-hydrogen) atoms. The molecule has 118 valence electrons. The molecule has 6 nitrogen and oxygen atoms in total. The summed E-state index contributed by atoms with van der Waals surface area (Å²) in [6.07, 6.45) is 0.680. The fraction of sp³-hybridized carbons (Fsp3) is 0.312. The van der Waals surface area contributed by atoms with Crippen molar-refractivity contribution in [2.45, 2.75) is 25.9 Å². The summed E-state index contributed by atoms with van der Waals surface area (Å²) in [6, 6.07) is 5.71. The van der Waals surface area contributed by atoms with Gasteiger partial charge in [-0.15, -0.1) is 11.3 Å². The average molecular weight is 330 g/mol. The van der Waals surface area contributed by atoms with E-state index in [1.165, 1.54) is 7.11 Å². The number of rotatable bonds is 3. The Morgan fingerprint density at radius 2 is 2.26 bits per heavy atom. The molecule has 0 bridgehead atoms. The van der Waals surface area contributed by atoms with Gasteiger partial charge >= 0.3 is 5.97 Å². The Hall–Kier alpha value is -2.59. The number of carbonyl (C=O) groups is 1. The van der Waals surface area contributed by atoms with Gasteiger partial charge in [0.2, 0.25) is 5.88 Å². The molecular weight excluding hydrogens is 316 g/mol. The van der Waals surface area contributed by atoms with Crippen LogP contribution in [-0.2, 0) is 6.42 Å². The summed E-state index contributed by atoms with van der Waals surface area (Å²) in [5.41, 5.74) is 1.68. The topological polar surface area (TPSA) is 92.4 Å². The number of nitrogens with zero attached hydrogens (tertiary/aromatic N) is 2. The average Bonchev–Trinajstić information content (AvgIpc) is 3.05. The van der Waals surface area contributed by atoms with Crippen molar-refractivity contribution in [2.24, 2.45) is 0 Å². The van der Waals surface area contributed by atoms with Gasteiger partial charge in [0.15, 0.2) is 4.88 Å². The van der Waals surface area contributed by atoms with E-state index < -0.39 is 5.97 Å². The highest BCUT2D eigenvalue weighted by atomic mass is 32.1. The Labute approximate surface area is 136 Å². The van der Waals surface area contributed by atoms with Gasteiger partial charge in [-0.3, -0.25) is 0 Å². The van der Waals surface area contributed by atoms with Crippen LogP contribution in [0.15, 0.2) is 12.1 Å². The molecule has 1 aliphatic rings. The van der Waals surface area contributed by atoms with E-state index in [2.05, 4.69) is 11.1 Å². The van der Waals surface area contributed by atoms with Crippen molar-refractivity contribution < 1.29 is 19.4 Å². The highest BCUT2D eigenvalue weighted by molar-refractivity contribution is 7.17. The standard InChI is InChI=1S/C16H14N2O4S/c1-16(2)6-9-4-8(5-10(7-17)11(9)22-16)14-18-13(21-3)12(23-14)15(19)20/h4-5H,6H2,1-3H3,(H,19,20). The summed E-state index contributed by atoms with van der Waals surface area (Å²) >= 11 is 1.02. The number of carboxylic acids is 1. The molecule has 1 aliphatic heterocycles. The highest BCUT2D eigenvalue weighted by Crippen LogP contribution is 2.41. The maximum absolute atomic E-state index is 11.2. The minimum absolute atomic E-state index is 0.0399. The third-order valence-electron chi connectivity index (χ3n) is 3.51. The van der Waals surface area contributed by atoms with Gasteiger partial charge in [-0.1, -0.05) is 0 Å². The first-order chi connectivity index (χ1) is 10.8. The molecule has 0 atom stereocenters. The van der Waals surface area contributed by atoms with Crippen LogP contribution < -0.4 is 9.47 Å². The molecule has 7 heteroatoms. The number of aromatic nitrogens is 1. The van der Waals surface area contributed by atoms with E-state index in [1.807, 2.05) is 19.9 Å². The highest BCUT2D eigenvalue weighted by Gasteiger charge is 2.33. The third-order valence-corrected chi connectivity index (χ3v) is 4.59. The molecule has 0 fully saturated rings. The Morgan fingerprint density at radius 1 is 1.52 bits per heavy atom. The molecule has 0 radical (unpaired) electrons. The Morgan fingerprint density at radius 3 is 2.83 bits per heavy atom. The monoisotopic (exact) mass is 330 g/mol. The molecule has 0 spiro atoms. The maximum Gasteiger partial charge on any atom is 0.351 e. The van der Waals surface area contributed by atoms with Crippen LogP contribution in [-0.4, -0.2) is 28.8 Å². The van der Waals surface area contributed by atoms with Crippen LogP contribution in [0.3, 0.4) is 0 Å². The number of hydrogen-bond acceptors (Lipinski definition) is 6. The lowest BCUT2D eigenvalue weighted by atomic mass is 9.98. The molecule has 0 amide bonds. The zero-order chi connectivity index (χ0) is 16.8. The molecule has 0 saturated heterocycles. The van der Waals surface area contributed by atoms with Crippen LogP contribution in [0.25, 0.3) is 10.6 Å². The molecule has 2 heterocycles. The number of fused-ring (bicyclic) bond motifs is 1. The number of carboxylic acid groups (broad SMARTS) is 1. The number of methoxy groups -OCH3 is 1. The number of hydrogen-bond donors (Lipinski definition) is 1. The van der Waals surface area contributed by atoms with Crippen LogP contribution >= 0.6 is 11.3 Å². The van der Waals surface area contributed by atoms with E-state index in [9.17, 15) is 15.2 Å². The summed E-state index contributed by atoms with van der Waals surface area (Å²) in [7, 11) is 1.38.